The molecule has 5 nitrogen and oxygen atoms in total. The van der Waals surface area contributed by atoms with Crippen LogP contribution in [0.4, 0.5) is 4.79 Å². The summed E-state index contributed by atoms with van der Waals surface area (Å²) in [7, 11) is 0. The van der Waals surface area contributed by atoms with Gasteiger partial charge in [-0.1, -0.05) is 18.2 Å². The van der Waals surface area contributed by atoms with Crippen molar-refractivity contribution in [2.75, 3.05) is 0 Å². The van der Waals surface area contributed by atoms with Gasteiger partial charge in [0.1, 0.15) is 11.4 Å². The number of amides is 1. The first-order valence-electron chi connectivity index (χ1n) is 7.49. The van der Waals surface area contributed by atoms with E-state index in [1.807, 2.05) is 45.0 Å². The lowest BCUT2D eigenvalue weighted by atomic mass is 10.2. The zero-order chi connectivity index (χ0) is 16.9. The van der Waals surface area contributed by atoms with Crippen molar-refractivity contribution in [3.63, 3.8) is 0 Å². The summed E-state index contributed by atoms with van der Waals surface area (Å²) in [5.74, 6) is 0.171. The molecule has 1 aromatic heterocycles. The van der Waals surface area contributed by atoms with Crippen molar-refractivity contribution in [1.29, 1.82) is 0 Å². The summed E-state index contributed by atoms with van der Waals surface area (Å²) < 4.78 is 5.47. The molecule has 5 heteroatoms. The highest BCUT2D eigenvalue weighted by Gasteiger charge is 2.23. The summed E-state index contributed by atoms with van der Waals surface area (Å²) in [6, 6.07) is 12.4. The average Bonchev–Trinajstić information content (AvgIpc) is 2.46. The molecule has 1 amide bonds. The van der Waals surface area contributed by atoms with Crippen molar-refractivity contribution < 1.29 is 14.6 Å². The molecule has 0 saturated carbocycles. The summed E-state index contributed by atoms with van der Waals surface area (Å²) >= 11 is 0. The maximum atomic E-state index is 12.5. The van der Waals surface area contributed by atoms with E-state index in [9.17, 15) is 9.90 Å². The van der Waals surface area contributed by atoms with Gasteiger partial charge in [0.05, 0.1) is 12.2 Å². The Morgan fingerprint density at radius 1 is 1.17 bits per heavy atom. The fraction of sp³-hybridized carbons (Fsp3) is 0.333. The van der Waals surface area contributed by atoms with Crippen molar-refractivity contribution in [2.45, 2.75) is 39.5 Å². The Bertz CT molecular complexity index is 651. The molecule has 0 spiro atoms. The summed E-state index contributed by atoms with van der Waals surface area (Å²) in [5, 5.41) is 9.59. The first-order valence-corrected chi connectivity index (χ1v) is 7.49. The number of phenolic OH excluding ortho intramolecular Hbond substituents is 1. The van der Waals surface area contributed by atoms with Gasteiger partial charge in [-0.05, 0) is 50.6 Å². The molecule has 2 rings (SSSR count). The quantitative estimate of drug-likeness (QED) is 0.934. The molecule has 1 aromatic carbocycles. The summed E-state index contributed by atoms with van der Waals surface area (Å²) in [6.07, 6.45) is 1.28. The first kappa shape index (κ1) is 16.8. The number of aromatic nitrogens is 1. The molecular formula is C18H22N2O3. The van der Waals surface area contributed by atoms with Crippen LogP contribution in [0.5, 0.6) is 5.75 Å². The monoisotopic (exact) mass is 314 g/mol. The normalized spacial score (nSPS) is 11.1. The fourth-order valence-electron chi connectivity index (χ4n) is 2.07. The highest BCUT2D eigenvalue weighted by molar-refractivity contribution is 5.68. The van der Waals surface area contributed by atoms with E-state index in [1.165, 1.54) is 0 Å². The Morgan fingerprint density at radius 3 is 2.57 bits per heavy atom. The van der Waals surface area contributed by atoms with Gasteiger partial charge >= 0.3 is 6.09 Å². The van der Waals surface area contributed by atoms with E-state index >= 15 is 0 Å². The van der Waals surface area contributed by atoms with Crippen molar-refractivity contribution in [3.8, 4) is 5.75 Å². The Kier molecular flexibility index (Phi) is 5.21. The number of aromatic hydroxyl groups is 1. The maximum Gasteiger partial charge on any atom is 0.410 e. The SMILES string of the molecule is CC(C)(C)OC(=O)N(Cc1cccc(O)c1)Cc1ccccn1. The minimum absolute atomic E-state index is 0.171. The zero-order valence-corrected chi connectivity index (χ0v) is 13.7. The Labute approximate surface area is 136 Å². The number of phenols is 1. The highest BCUT2D eigenvalue weighted by Crippen LogP contribution is 2.17. The van der Waals surface area contributed by atoms with Crippen LogP contribution in [-0.4, -0.2) is 26.7 Å². The van der Waals surface area contributed by atoms with Crippen LogP contribution in [0.2, 0.25) is 0 Å². The highest BCUT2D eigenvalue weighted by atomic mass is 16.6. The van der Waals surface area contributed by atoms with Gasteiger partial charge in [-0.25, -0.2) is 4.79 Å². The number of ether oxygens (including phenoxy) is 1. The third-order valence-electron chi connectivity index (χ3n) is 3.01. The van der Waals surface area contributed by atoms with E-state index in [1.54, 1.807) is 29.3 Å². The molecule has 0 atom stereocenters. The lowest BCUT2D eigenvalue weighted by Gasteiger charge is -2.27. The van der Waals surface area contributed by atoms with Crippen molar-refractivity contribution in [3.05, 3.63) is 59.9 Å². The van der Waals surface area contributed by atoms with Gasteiger partial charge < -0.3 is 9.84 Å². The largest absolute Gasteiger partial charge is 0.508 e. The van der Waals surface area contributed by atoms with E-state index in [2.05, 4.69) is 4.98 Å². The number of carbonyl (C=O) groups excluding carboxylic acids is 1. The molecule has 0 unspecified atom stereocenters. The van der Waals surface area contributed by atoms with Crippen LogP contribution in [0.15, 0.2) is 48.7 Å². The third kappa shape index (κ3) is 5.62. The maximum absolute atomic E-state index is 12.5. The lowest BCUT2D eigenvalue weighted by Crippen LogP contribution is -2.36. The number of hydrogen-bond acceptors (Lipinski definition) is 4. The number of rotatable bonds is 4. The second-order valence-corrected chi connectivity index (χ2v) is 6.33. The molecule has 23 heavy (non-hydrogen) atoms. The second kappa shape index (κ2) is 7.13. The average molecular weight is 314 g/mol. The minimum Gasteiger partial charge on any atom is -0.508 e. The van der Waals surface area contributed by atoms with Gasteiger partial charge in [-0.15, -0.1) is 0 Å². The molecule has 0 fully saturated rings. The Morgan fingerprint density at radius 2 is 1.96 bits per heavy atom. The van der Waals surface area contributed by atoms with Gasteiger partial charge in [-0.3, -0.25) is 9.88 Å². The van der Waals surface area contributed by atoms with Crippen LogP contribution < -0.4 is 0 Å². The Hall–Kier alpha value is -2.56. The predicted molar refractivity (Wildman–Crippen MR) is 87.8 cm³/mol. The lowest BCUT2D eigenvalue weighted by molar-refractivity contribution is 0.0214. The minimum atomic E-state index is -0.571. The number of benzene rings is 1. The predicted octanol–water partition coefficient (Wildman–Crippen LogP) is 3.72. The van der Waals surface area contributed by atoms with Crippen molar-refractivity contribution in [1.82, 2.24) is 9.88 Å². The molecule has 122 valence electrons. The fourth-order valence-corrected chi connectivity index (χ4v) is 2.07. The van der Waals surface area contributed by atoms with E-state index in [0.29, 0.717) is 13.1 Å². The molecule has 0 aliphatic rings. The molecule has 0 aliphatic carbocycles. The van der Waals surface area contributed by atoms with Crippen molar-refractivity contribution >= 4 is 6.09 Å². The zero-order valence-electron chi connectivity index (χ0n) is 13.7. The second-order valence-electron chi connectivity index (χ2n) is 6.33. The molecule has 2 aromatic rings. The number of carbonyl (C=O) groups is 1. The summed E-state index contributed by atoms with van der Waals surface area (Å²) in [6.45, 7) is 6.17. The van der Waals surface area contributed by atoms with E-state index in [0.717, 1.165) is 11.3 Å². The Balaban J connectivity index is 2.18. The molecule has 1 heterocycles. The molecule has 0 bridgehead atoms. The van der Waals surface area contributed by atoms with Crippen LogP contribution in [0.25, 0.3) is 0 Å². The molecule has 0 saturated heterocycles. The standard InChI is InChI=1S/C18H22N2O3/c1-18(2,3)23-17(22)20(13-15-8-4-5-10-19-15)12-14-7-6-9-16(21)11-14/h4-11,21H,12-13H2,1-3H3. The van der Waals surface area contributed by atoms with Gasteiger partial charge in [-0.2, -0.15) is 0 Å². The molecule has 1 N–H and O–H groups in total. The van der Waals surface area contributed by atoms with Gasteiger partial charge in [0.25, 0.3) is 0 Å². The molecule has 0 radical (unpaired) electrons. The summed E-state index contributed by atoms with van der Waals surface area (Å²) in [5.41, 5.74) is 1.03. The van der Waals surface area contributed by atoms with Crippen LogP contribution in [0, 0.1) is 0 Å². The number of hydrogen-bond donors (Lipinski definition) is 1. The first-order chi connectivity index (χ1) is 10.8. The third-order valence-corrected chi connectivity index (χ3v) is 3.01. The van der Waals surface area contributed by atoms with Crippen LogP contribution in [-0.2, 0) is 17.8 Å². The van der Waals surface area contributed by atoms with Crippen LogP contribution in [0.1, 0.15) is 32.0 Å². The number of nitrogens with zero attached hydrogens (tertiary/aromatic N) is 2. The molecular weight excluding hydrogens is 292 g/mol. The summed E-state index contributed by atoms with van der Waals surface area (Å²) in [4.78, 5) is 18.3. The molecule has 0 aliphatic heterocycles. The van der Waals surface area contributed by atoms with Gasteiger partial charge in [0.2, 0.25) is 0 Å². The number of pyridine rings is 1. The van der Waals surface area contributed by atoms with E-state index in [-0.39, 0.29) is 5.75 Å². The van der Waals surface area contributed by atoms with E-state index < -0.39 is 11.7 Å². The van der Waals surface area contributed by atoms with Gasteiger partial charge in [0.15, 0.2) is 0 Å². The van der Waals surface area contributed by atoms with E-state index in [4.69, 9.17) is 4.74 Å². The van der Waals surface area contributed by atoms with Gasteiger partial charge in [0, 0.05) is 12.7 Å². The van der Waals surface area contributed by atoms with Crippen LogP contribution in [0.3, 0.4) is 0 Å². The topological polar surface area (TPSA) is 62.7 Å². The van der Waals surface area contributed by atoms with Crippen molar-refractivity contribution in [2.24, 2.45) is 0 Å². The van der Waals surface area contributed by atoms with Crippen LogP contribution >= 0.6 is 0 Å². The smallest absolute Gasteiger partial charge is 0.410 e.